The number of methoxy groups -OCH3 is 1. The molecule has 0 N–H and O–H groups in total. The summed E-state index contributed by atoms with van der Waals surface area (Å²) < 4.78 is 4.65. The lowest BCUT2D eigenvalue weighted by molar-refractivity contribution is -0.139. The normalized spacial score (nSPS) is 10.2. The molecule has 2 aromatic rings. The highest BCUT2D eigenvalue weighted by Gasteiger charge is 2.12. The van der Waals surface area contributed by atoms with Gasteiger partial charge in [-0.1, -0.05) is 0 Å². The minimum Gasteiger partial charge on any atom is -0.469 e. The van der Waals surface area contributed by atoms with Crippen LogP contribution in [0.1, 0.15) is 10.6 Å². The maximum absolute atomic E-state index is 11.2. The van der Waals surface area contributed by atoms with Gasteiger partial charge in [0.2, 0.25) is 0 Å². The Morgan fingerprint density at radius 3 is 2.76 bits per heavy atom. The number of pyridine rings is 1. The molecule has 0 unspecified atom stereocenters. The predicted octanol–water partition coefficient (Wildman–Crippen LogP) is 2.23. The minimum absolute atomic E-state index is 0.238. The highest BCUT2D eigenvalue weighted by Crippen LogP contribution is 2.27. The number of carbonyl (C=O) groups is 1. The van der Waals surface area contributed by atoms with Crippen LogP contribution in [0.25, 0.3) is 10.6 Å². The van der Waals surface area contributed by atoms with Gasteiger partial charge in [-0.3, -0.25) is 9.78 Å². The maximum Gasteiger partial charge on any atom is 0.310 e. The molecule has 0 radical (unpaired) electrons. The zero-order valence-corrected chi connectivity index (χ0v) is 10.5. The summed E-state index contributed by atoms with van der Waals surface area (Å²) in [5, 5.41) is 0.906. The van der Waals surface area contributed by atoms with Gasteiger partial charge in [0.05, 0.1) is 19.2 Å². The molecule has 0 spiro atoms. The van der Waals surface area contributed by atoms with E-state index >= 15 is 0 Å². The molecule has 0 aromatic carbocycles. The van der Waals surface area contributed by atoms with Crippen LogP contribution in [0.15, 0.2) is 24.5 Å². The first-order chi connectivity index (χ1) is 8.20. The number of aryl methyl sites for hydroxylation is 1. The standard InChI is InChI=1S/C12H12N2O2S/c1-8-10(7-11(15)16-2)17-12(14-8)9-3-5-13-6-4-9/h3-6H,7H2,1-2H3. The van der Waals surface area contributed by atoms with Crippen LogP contribution in [0.5, 0.6) is 0 Å². The summed E-state index contributed by atoms with van der Waals surface area (Å²) in [6, 6.07) is 3.81. The third-order valence-corrected chi connectivity index (χ3v) is 3.56. The molecule has 0 fully saturated rings. The second-order valence-electron chi connectivity index (χ2n) is 3.52. The highest BCUT2D eigenvalue weighted by atomic mass is 32.1. The Morgan fingerprint density at radius 1 is 1.41 bits per heavy atom. The molecule has 0 bridgehead atoms. The van der Waals surface area contributed by atoms with E-state index in [0.717, 1.165) is 21.1 Å². The van der Waals surface area contributed by atoms with Gasteiger partial charge >= 0.3 is 5.97 Å². The van der Waals surface area contributed by atoms with E-state index in [1.54, 1.807) is 12.4 Å². The Balaban J connectivity index is 2.28. The van der Waals surface area contributed by atoms with Gasteiger partial charge in [0.15, 0.2) is 0 Å². The van der Waals surface area contributed by atoms with Gasteiger partial charge < -0.3 is 4.74 Å². The zero-order chi connectivity index (χ0) is 12.3. The summed E-state index contributed by atoms with van der Waals surface area (Å²) in [7, 11) is 1.39. The minimum atomic E-state index is -0.238. The van der Waals surface area contributed by atoms with E-state index in [-0.39, 0.29) is 12.4 Å². The second kappa shape index (κ2) is 5.05. The molecule has 2 rings (SSSR count). The summed E-state index contributed by atoms with van der Waals surface area (Å²) in [6.45, 7) is 1.90. The summed E-state index contributed by atoms with van der Waals surface area (Å²) in [4.78, 5) is 20.6. The molecule has 2 heterocycles. The Morgan fingerprint density at radius 2 is 2.12 bits per heavy atom. The van der Waals surface area contributed by atoms with E-state index < -0.39 is 0 Å². The van der Waals surface area contributed by atoms with Crippen LogP contribution in [-0.2, 0) is 16.0 Å². The van der Waals surface area contributed by atoms with Crippen molar-refractivity contribution in [3.05, 3.63) is 35.1 Å². The number of esters is 1. The average molecular weight is 248 g/mol. The smallest absolute Gasteiger partial charge is 0.310 e. The van der Waals surface area contributed by atoms with Gasteiger partial charge in [-0.25, -0.2) is 4.98 Å². The highest BCUT2D eigenvalue weighted by molar-refractivity contribution is 7.15. The molecule has 0 saturated heterocycles. The van der Waals surface area contributed by atoms with Gasteiger partial charge in [0, 0.05) is 22.8 Å². The number of rotatable bonds is 3. The van der Waals surface area contributed by atoms with Gasteiger partial charge in [-0.05, 0) is 19.1 Å². The Kier molecular flexibility index (Phi) is 3.49. The first-order valence-electron chi connectivity index (χ1n) is 5.14. The molecule has 0 atom stereocenters. The third kappa shape index (κ3) is 2.68. The fourth-order valence-corrected chi connectivity index (χ4v) is 2.47. The molecule has 0 saturated carbocycles. The first kappa shape index (κ1) is 11.7. The number of carbonyl (C=O) groups excluding carboxylic acids is 1. The van der Waals surface area contributed by atoms with Crippen molar-refractivity contribution >= 4 is 17.3 Å². The van der Waals surface area contributed by atoms with Crippen LogP contribution < -0.4 is 0 Å². The van der Waals surface area contributed by atoms with E-state index in [1.807, 2.05) is 19.1 Å². The average Bonchev–Trinajstić information content (AvgIpc) is 2.72. The topological polar surface area (TPSA) is 52.1 Å². The summed E-state index contributed by atoms with van der Waals surface area (Å²) >= 11 is 1.52. The Bertz CT molecular complexity index is 523. The molecular weight excluding hydrogens is 236 g/mol. The molecule has 2 aromatic heterocycles. The SMILES string of the molecule is COC(=O)Cc1sc(-c2ccncc2)nc1C. The van der Waals surface area contributed by atoms with Gasteiger partial charge in [-0.15, -0.1) is 11.3 Å². The molecule has 0 aliphatic heterocycles. The number of aromatic nitrogens is 2. The van der Waals surface area contributed by atoms with Crippen LogP contribution in [-0.4, -0.2) is 23.0 Å². The van der Waals surface area contributed by atoms with Crippen LogP contribution >= 0.6 is 11.3 Å². The van der Waals surface area contributed by atoms with Crippen molar-refractivity contribution in [2.75, 3.05) is 7.11 Å². The number of hydrogen-bond donors (Lipinski definition) is 0. The molecule has 5 heteroatoms. The van der Waals surface area contributed by atoms with Crippen molar-refractivity contribution in [3.8, 4) is 10.6 Å². The largest absolute Gasteiger partial charge is 0.469 e. The molecule has 0 aliphatic carbocycles. The van der Waals surface area contributed by atoms with Crippen molar-refractivity contribution in [3.63, 3.8) is 0 Å². The van der Waals surface area contributed by atoms with Gasteiger partial charge in [-0.2, -0.15) is 0 Å². The second-order valence-corrected chi connectivity index (χ2v) is 4.60. The summed E-state index contributed by atoms with van der Waals surface area (Å²) in [5.74, 6) is -0.238. The van der Waals surface area contributed by atoms with E-state index in [4.69, 9.17) is 0 Å². The van der Waals surface area contributed by atoms with E-state index in [0.29, 0.717) is 0 Å². The Labute approximate surface area is 103 Å². The quantitative estimate of drug-likeness (QED) is 0.782. The monoisotopic (exact) mass is 248 g/mol. The fourth-order valence-electron chi connectivity index (χ4n) is 1.41. The van der Waals surface area contributed by atoms with Crippen molar-refractivity contribution < 1.29 is 9.53 Å². The lowest BCUT2D eigenvalue weighted by Crippen LogP contribution is -2.03. The Hall–Kier alpha value is -1.75. The number of thiazole rings is 1. The van der Waals surface area contributed by atoms with Crippen molar-refractivity contribution in [2.24, 2.45) is 0 Å². The zero-order valence-electron chi connectivity index (χ0n) is 9.64. The third-order valence-electron chi connectivity index (χ3n) is 2.35. The van der Waals surface area contributed by atoms with Crippen molar-refractivity contribution in [1.29, 1.82) is 0 Å². The van der Waals surface area contributed by atoms with E-state index in [1.165, 1.54) is 18.4 Å². The fraction of sp³-hybridized carbons (Fsp3) is 0.250. The molecule has 17 heavy (non-hydrogen) atoms. The molecular formula is C12H12N2O2S. The van der Waals surface area contributed by atoms with Gasteiger partial charge in [0.1, 0.15) is 5.01 Å². The lowest BCUT2D eigenvalue weighted by Gasteiger charge is -1.95. The number of ether oxygens (including phenoxy) is 1. The van der Waals surface area contributed by atoms with Crippen LogP contribution in [0.4, 0.5) is 0 Å². The number of nitrogens with zero attached hydrogens (tertiary/aromatic N) is 2. The van der Waals surface area contributed by atoms with Crippen molar-refractivity contribution in [2.45, 2.75) is 13.3 Å². The van der Waals surface area contributed by atoms with Crippen molar-refractivity contribution in [1.82, 2.24) is 9.97 Å². The molecule has 0 aliphatic rings. The number of hydrogen-bond acceptors (Lipinski definition) is 5. The van der Waals surface area contributed by atoms with E-state index in [2.05, 4.69) is 14.7 Å². The summed E-state index contributed by atoms with van der Waals surface area (Å²) in [6.07, 6.45) is 3.74. The van der Waals surface area contributed by atoms with Crippen LogP contribution in [0.3, 0.4) is 0 Å². The van der Waals surface area contributed by atoms with Crippen LogP contribution in [0.2, 0.25) is 0 Å². The first-order valence-corrected chi connectivity index (χ1v) is 5.96. The van der Waals surface area contributed by atoms with Crippen LogP contribution in [0, 0.1) is 6.92 Å². The molecule has 88 valence electrons. The predicted molar refractivity (Wildman–Crippen MR) is 65.8 cm³/mol. The van der Waals surface area contributed by atoms with Gasteiger partial charge in [0.25, 0.3) is 0 Å². The molecule has 0 amide bonds. The lowest BCUT2D eigenvalue weighted by atomic mass is 10.3. The summed E-state index contributed by atoms with van der Waals surface area (Å²) in [5.41, 5.74) is 1.90. The molecule has 4 nitrogen and oxygen atoms in total. The maximum atomic E-state index is 11.2. The van der Waals surface area contributed by atoms with E-state index in [9.17, 15) is 4.79 Å².